The van der Waals surface area contributed by atoms with E-state index in [0.29, 0.717) is 0 Å². The van der Waals surface area contributed by atoms with Crippen LogP contribution in [0.4, 0.5) is 4.39 Å². The molecule has 0 aliphatic rings. The van der Waals surface area contributed by atoms with E-state index < -0.39 is 16.8 Å². The van der Waals surface area contributed by atoms with Gasteiger partial charge in [-0.15, -0.1) is 0 Å². The largest absolute Gasteiger partial charge is 0.464 e. The molecule has 3 nitrogen and oxygen atoms in total. The first-order valence-corrected chi connectivity index (χ1v) is 5.28. The van der Waals surface area contributed by atoms with E-state index in [0.717, 1.165) is 0 Å². The molecule has 0 aliphatic carbocycles. The van der Waals surface area contributed by atoms with Crippen LogP contribution in [0.1, 0.15) is 6.92 Å². The lowest BCUT2D eigenvalue weighted by atomic mass is 10.3. The van der Waals surface area contributed by atoms with Crippen molar-refractivity contribution >= 4 is 21.9 Å². The lowest BCUT2D eigenvalue weighted by molar-refractivity contribution is -0.146. The number of halogens is 2. The lowest BCUT2D eigenvalue weighted by Gasteiger charge is -2.11. The minimum Gasteiger partial charge on any atom is -0.464 e. The average Bonchev–Trinajstić information content (AvgIpc) is 2.21. The van der Waals surface area contributed by atoms with E-state index in [1.54, 1.807) is 13.0 Å². The van der Waals surface area contributed by atoms with Crippen LogP contribution in [-0.4, -0.2) is 17.6 Å². The molecule has 82 valence electrons. The third kappa shape index (κ3) is 3.51. The molecule has 1 aromatic carbocycles. The second kappa shape index (κ2) is 5.70. The van der Waals surface area contributed by atoms with Crippen molar-refractivity contribution in [1.29, 1.82) is 0 Å². The molecular weight excluding hydrogens is 267 g/mol. The number of esters is 1. The third-order valence-electron chi connectivity index (χ3n) is 1.54. The number of benzene rings is 1. The van der Waals surface area contributed by atoms with Crippen LogP contribution in [0.3, 0.4) is 0 Å². The van der Waals surface area contributed by atoms with Gasteiger partial charge in [0.2, 0.25) is 5.01 Å². The Morgan fingerprint density at radius 3 is 2.80 bits per heavy atom. The fourth-order valence-electron chi connectivity index (χ4n) is 0.908. The maximum atomic E-state index is 13.1. The van der Waals surface area contributed by atoms with Crippen molar-refractivity contribution in [2.45, 2.75) is 11.9 Å². The van der Waals surface area contributed by atoms with Gasteiger partial charge in [0.15, 0.2) is 11.6 Å². The molecule has 0 radical (unpaired) electrons. The highest BCUT2D eigenvalue weighted by atomic mass is 79.9. The monoisotopic (exact) mass is 276 g/mol. The van der Waals surface area contributed by atoms with Crippen LogP contribution in [0.5, 0.6) is 5.75 Å². The molecule has 0 saturated heterocycles. The Bertz CT molecular complexity index is 343. The fraction of sp³-hybridized carbons (Fsp3) is 0.300. The van der Waals surface area contributed by atoms with Crippen LogP contribution in [0, 0.1) is 5.82 Å². The van der Waals surface area contributed by atoms with E-state index in [4.69, 9.17) is 4.74 Å². The van der Waals surface area contributed by atoms with E-state index in [1.807, 2.05) is 0 Å². The second-order valence-corrected chi connectivity index (χ2v) is 3.45. The zero-order valence-electron chi connectivity index (χ0n) is 8.07. The van der Waals surface area contributed by atoms with Crippen molar-refractivity contribution in [2.24, 2.45) is 0 Å². The van der Waals surface area contributed by atoms with Crippen LogP contribution in [0.2, 0.25) is 0 Å². The fourth-order valence-corrected chi connectivity index (χ4v) is 1.24. The Morgan fingerprint density at radius 1 is 1.53 bits per heavy atom. The van der Waals surface area contributed by atoms with Gasteiger partial charge in [0.25, 0.3) is 0 Å². The first-order valence-electron chi connectivity index (χ1n) is 4.37. The molecule has 1 rings (SSSR count). The number of rotatable bonds is 4. The quantitative estimate of drug-likeness (QED) is 0.626. The SMILES string of the molecule is CCOC(=O)C(Br)Oc1ccccc1F. The number of hydrogen-bond acceptors (Lipinski definition) is 3. The Kier molecular flexibility index (Phi) is 4.55. The summed E-state index contributed by atoms with van der Waals surface area (Å²) < 4.78 is 22.8. The van der Waals surface area contributed by atoms with Crippen molar-refractivity contribution < 1.29 is 18.7 Å². The number of ether oxygens (including phenoxy) is 2. The summed E-state index contributed by atoms with van der Waals surface area (Å²) in [5, 5.41) is -0.991. The first-order chi connectivity index (χ1) is 7.15. The van der Waals surface area contributed by atoms with Gasteiger partial charge in [-0.25, -0.2) is 9.18 Å². The van der Waals surface area contributed by atoms with Gasteiger partial charge >= 0.3 is 5.97 Å². The van der Waals surface area contributed by atoms with Gasteiger partial charge in [-0.05, 0) is 35.0 Å². The molecule has 5 heteroatoms. The Hall–Kier alpha value is -1.10. The van der Waals surface area contributed by atoms with Crippen molar-refractivity contribution in [3.63, 3.8) is 0 Å². The number of carbonyl (C=O) groups excluding carboxylic acids is 1. The van der Waals surface area contributed by atoms with Crippen LogP contribution in [-0.2, 0) is 9.53 Å². The summed E-state index contributed by atoms with van der Waals surface area (Å²) in [6, 6.07) is 5.84. The smallest absolute Gasteiger partial charge is 0.358 e. The summed E-state index contributed by atoms with van der Waals surface area (Å²) >= 11 is 2.95. The molecule has 0 spiro atoms. The summed E-state index contributed by atoms with van der Waals surface area (Å²) in [4.78, 5) is 11.1. The third-order valence-corrected chi connectivity index (χ3v) is 2.10. The van der Waals surface area contributed by atoms with E-state index in [1.165, 1.54) is 18.2 Å². The zero-order chi connectivity index (χ0) is 11.3. The second-order valence-electron chi connectivity index (χ2n) is 2.62. The van der Waals surface area contributed by atoms with Gasteiger partial charge in [-0.1, -0.05) is 12.1 Å². The highest BCUT2D eigenvalue weighted by molar-refractivity contribution is 9.09. The molecule has 0 amide bonds. The molecule has 0 heterocycles. The van der Waals surface area contributed by atoms with Gasteiger partial charge in [0, 0.05) is 0 Å². The van der Waals surface area contributed by atoms with Gasteiger partial charge in [0.05, 0.1) is 6.61 Å². The summed E-state index contributed by atoms with van der Waals surface area (Å²) in [6.07, 6.45) is 0. The summed E-state index contributed by atoms with van der Waals surface area (Å²) in [5.41, 5.74) is 0. The molecule has 0 N–H and O–H groups in total. The van der Waals surface area contributed by atoms with E-state index >= 15 is 0 Å². The van der Waals surface area contributed by atoms with Crippen LogP contribution in [0.25, 0.3) is 0 Å². The van der Waals surface area contributed by atoms with E-state index in [2.05, 4.69) is 20.7 Å². The number of hydrogen-bond donors (Lipinski definition) is 0. The lowest BCUT2D eigenvalue weighted by Crippen LogP contribution is -2.23. The normalized spacial score (nSPS) is 11.9. The zero-order valence-corrected chi connectivity index (χ0v) is 9.66. The Balaban J connectivity index is 2.62. The molecule has 0 aromatic heterocycles. The van der Waals surface area contributed by atoms with Crippen LogP contribution >= 0.6 is 15.9 Å². The Morgan fingerprint density at radius 2 is 2.20 bits per heavy atom. The minimum atomic E-state index is -0.991. The van der Waals surface area contributed by atoms with Gasteiger partial charge < -0.3 is 9.47 Å². The molecule has 0 saturated carbocycles. The summed E-state index contributed by atoms with van der Waals surface area (Å²) in [6.45, 7) is 1.93. The number of alkyl halides is 1. The predicted octanol–water partition coefficient (Wildman–Crippen LogP) is 2.49. The average molecular weight is 277 g/mol. The van der Waals surface area contributed by atoms with Gasteiger partial charge in [-0.2, -0.15) is 0 Å². The summed E-state index contributed by atoms with van der Waals surface area (Å²) in [5.74, 6) is -1.10. The number of para-hydroxylation sites is 1. The highest BCUT2D eigenvalue weighted by Gasteiger charge is 2.18. The van der Waals surface area contributed by atoms with Crippen LogP contribution < -0.4 is 4.74 Å². The predicted molar refractivity (Wildman–Crippen MR) is 56.4 cm³/mol. The van der Waals surface area contributed by atoms with E-state index in [-0.39, 0.29) is 12.4 Å². The molecular formula is C10H10BrFO3. The molecule has 1 atom stereocenters. The van der Waals surface area contributed by atoms with E-state index in [9.17, 15) is 9.18 Å². The minimum absolute atomic E-state index is 0.00688. The molecule has 0 aliphatic heterocycles. The van der Waals surface area contributed by atoms with Crippen LogP contribution in [0.15, 0.2) is 24.3 Å². The first kappa shape index (κ1) is 12.0. The molecule has 1 unspecified atom stereocenters. The van der Waals surface area contributed by atoms with Crippen molar-refractivity contribution in [2.75, 3.05) is 6.61 Å². The summed E-state index contributed by atoms with van der Waals surface area (Å²) in [7, 11) is 0. The topological polar surface area (TPSA) is 35.5 Å². The standard InChI is InChI=1S/C10H10BrFO3/c1-2-14-10(13)9(11)15-8-6-4-3-5-7(8)12/h3-6,9H,2H2,1H3. The van der Waals surface area contributed by atoms with Crippen molar-refractivity contribution in [3.05, 3.63) is 30.1 Å². The molecule has 15 heavy (non-hydrogen) atoms. The van der Waals surface area contributed by atoms with Gasteiger partial charge in [0.1, 0.15) is 0 Å². The molecule has 1 aromatic rings. The Labute approximate surface area is 95.3 Å². The molecule has 0 fully saturated rings. The van der Waals surface area contributed by atoms with Crippen molar-refractivity contribution in [3.8, 4) is 5.75 Å². The maximum Gasteiger partial charge on any atom is 0.358 e. The highest BCUT2D eigenvalue weighted by Crippen LogP contribution is 2.19. The maximum absolute atomic E-state index is 13.1. The van der Waals surface area contributed by atoms with Gasteiger partial charge in [-0.3, -0.25) is 0 Å². The number of carbonyl (C=O) groups is 1. The van der Waals surface area contributed by atoms with Crippen molar-refractivity contribution in [1.82, 2.24) is 0 Å². The molecule has 0 bridgehead atoms.